The Bertz CT molecular complexity index is 1030. The van der Waals surface area contributed by atoms with E-state index in [-0.39, 0.29) is 11.8 Å². The quantitative estimate of drug-likeness (QED) is 0.603. The molecule has 0 bridgehead atoms. The van der Waals surface area contributed by atoms with Gasteiger partial charge in [-0.3, -0.25) is 9.59 Å². The van der Waals surface area contributed by atoms with E-state index in [4.69, 9.17) is 11.6 Å². The predicted octanol–water partition coefficient (Wildman–Crippen LogP) is 2.76. The average molecular weight is 412 g/mol. The van der Waals surface area contributed by atoms with Crippen LogP contribution in [0.1, 0.15) is 22.5 Å². The standard InChI is InChI=1S/C22H22ClN3O3/c23-16-6-7-18-15(11-16)12-19(24-18)21(28)25-20(10-14-4-2-1-3-5-14)22(29)26-9-8-17(27)13-26/h1-7,11-12,17,20,24,27H,8-10,13H2,(H,25,28). The van der Waals surface area contributed by atoms with Gasteiger partial charge in [-0.2, -0.15) is 0 Å². The molecule has 29 heavy (non-hydrogen) atoms. The average Bonchev–Trinajstić information content (AvgIpc) is 3.33. The molecular weight excluding hydrogens is 390 g/mol. The number of aromatic amines is 1. The number of aliphatic hydroxyl groups excluding tert-OH is 1. The molecule has 1 aromatic heterocycles. The molecule has 1 saturated heterocycles. The van der Waals surface area contributed by atoms with Gasteiger partial charge in [0.1, 0.15) is 11.7 Å². The van der Waals surface area contributed by atoms with Gasteiger partial charge in [-0.15, -0.1) is 0 Å². The fraction of sp³-hybridized carbons (Fsp3) is 0.273. The van der Waals surface area contributed by atoms with Crippen LogP contribution in [0.2, 0.25) is 5.02 Å². The summed E-state index contributed by atoms with van der Waals surface area (Å²) in [6, 6.07) is 15.9. The van der Waals surface area contributed by atoms with Gasteiger partial charge >= 0.3 is 0 Å². The van der Waals surface area contributed by atoms with Crippen molar-refractivity contribution in [2.75, 3.05) is 13.1 Å². The van der Waals surface area contributed by atoms with E-state index < -0.39 is 12.1 Å². The smallest absolute Gasteiger partial charge is 0.268 e. The van der Waals surface area contributed by atoms with Crippen molar-refractivity contribution >= 4 is 34.3 Å². The Morgan fingerprint density at radius 2 is 2.00 bits per heavy atom. The lowest BCUT2D eigenvalue weighted by atomic mass is 10.0. The minimum atomic E-state index is -0.717. The first-order chi connectivity index (χ1) is 14.0. The minimum absolute atomic E-state index is 0.182. The molecule has 1 fully saturated rings. The number of carbonyl (C=O) groups excluding carboxylic acids is 2. The van der Waals surface area contributed by atoms with Crippen molar-refractivity contribution in [1.82, 2.24) is 15.2 Å². The van der Waals surface area contributed by atoms with Crippen molar-refractivity contribution in [3.05, 3.63) is 70.9 Å². The summed E-state index contributed by atoms with van der Waals surface area (Å²) in [5.74, 6) is -0.538. The number of nitrogens with one attached hydrogen (secondary N) is 2. The predicted molar refractivity (Wildman–Crippen MR) is 112 cm³/mol. The summed E-state index contributed by atoms with van der Waals surface area (Å²) in [6.07, 6.45) is 0.426. The molecule has 2 unspecified atom stereocenters. The van der Waals surface area contributed by atoms with Gasteiger partial charge < -0.3 is 20.3 Å². The Kier molecular flexibility index (Phi) is 5.56. The van der Waals surface area contributed by atoms with E-state index in [1.165, 1.54) is 0 Å². The third kappa shape index (κ3) is 4.44. The number of hydrogen-bond acceptors (Lipinski definition) is 3. The number of carbonyl (C=O) groups is 2. The van der Waals surface area contributed by atoms with Crippen LogP contribution in [-0.2, 0) is 11.2 Å². The maximum Gasteiger partial charge on any atom is 0.268 e. The number of H-pyrrole nitrogens is 1. The summed E-state index contributed by atoms with van der Waals surface area (Å²) in [7, 11) is 0. The number of benzene rings is 2. The minimum Gasteiger partial charge on any atom is -0.391 e. The SMILES string of the molecule is O=C(NC(Cc1ccccc1)C(=O)N1CCC(O)C1)c1cc2cc(Cl)ccc2[nH]1. The van der Waals surface area contributed by atoms with E-state index in [2.05, 4.69) is 10.3 Å². The van der Waals surface area contributed by atoms with Crippen LogP contribution in [-0.4, -0.2) is 52.0 Å². The van der Waals surface area contributed by atoms with Gasteiger partial charge in [0, 0.05) is 35.4 Å². The van der Waals surface area contributed by atoms with E-state index in [9.17, 15) is 14.7 Å². The van der Waals surface area contributed by atoms with Gasteiger partial charge in [0.05, 0.1) is 6.10 Å². The van der Waals surface area contributed by atoms with Gasteiger partial charge in [-0.25, -0.2) is 0 Å². The molecule has 0 spiro atoms. The first-order valence-corrected chi connectivity index (χ1v) is 9.97. The molecule has 7 heteroatoms. The molecule has 2 atom stereocenters. The monoisotopic (exact) mass is 411 g/mol. The van der Waals surface area contributed by atoms with Crippen LogP contribution in [0.25, 0.3) is 10.9 Å². The molecule has 6 nitrogen and oxygen atoms in total. The molecule has 150 valence electrons. The normalized spacial score (nSPS) is 17.4. The van der Waals surface area contributed by atoms with Gasteiger partial charge in [-0.1, -0.05) is 41.9 Å². The van der Waals surface area contributed by atoms with E-state index in [1.54, 1.807) is 23.1 Å². The van der Waals surface area contributed by atoms with Crippen LogP contribution in [0.3, 0.4) is 0 Å². The van der Waals surface area contributed by atoms with Gasteiger partial charge in [0.25, 0.3) is 5.91 Å². The summed E-state index contributed by atoms with van der Waals surface area (Å²) < 4.78 is 0. The van der Waals surface area contributed by atoms with Crippen LogP contribution >= 0.6 is 11.6 Å². The maximum absolute atomic E-state index is 13.1. The second-order valence-corrected chi connectivity index (χ2v) is 7.79. The second kappa shape index (κ2) is 8.27. The number of hydrogen-bond donors (Lipinski definition) is 3. The Labute approximate surface area is 173 Å². The largest absolute Gasteiger partial charge is 0.391 e. The first kappa shape index (κ1) is 19.5. The van der Waals surface area contributed by atoms with Crippen LogP contribution in [0, 0.1) is 0 Å². The van der Waals surface area contributed by atoms with Crippen molar-refractivity contribution < 1.29 is 14.7 Å². The highest BCUT2D eigenvalue weighted by Gasteiger charge is 2.31. The van der Waals surface area contributed by atoms with E-state index in [1.807, 2.05) is 36.4 Å². The molecule has 3 N–H and O–H groups in total. The lowest BCUT2D eigenvalue weighted by Crippen LogP contribution is -2.49. The maximum atomic E-state index is 13.1. The molecule has 3 aromatic rings. The molecule has 2 heterocycles. The highest BCUT2D eigenvalue weighted by Crippen LogP contribution is 2.20. The number of halogens is 1. The summed E-state index contributed by atoms with van der Waals surface area (Å²) in [6.45, 7) is 0.789. The van der Waals surface area contributed by atoms with E-state index in [0.717, 1.165) is 16.5 Å². The zero-order valence-electron chi connectivity index (χ0n) is 15.8. The molecule has 1 aliphatic heterocycles. The van der Waals surface area contributed by atoms with Crippen molar-refractivity contribution in [3.63, 3.8) is 0 Å². The number of nitrogens with zero attached hydrogens (tertiary/aromatic N) is 1. The van der Waals surface area contributed by atoms with E-state index >= 15 is 0 Å². The Balaban J connectivity index is 1.56. The molecule has 0 saturated carbocycles. The number of β-amino-alcohol motifs (C(OH)–C–C–N with tert-alkyl or cyclic N) is 1. The van der Waals surface area contributed by atoms with Crippen LogP contribution < -0.4 is 5.32 Å². The zero-order chi connectivity index (χ0) is 20.4. The van der Waals surface area contributed by atoms with Crippen molar-refractivity contribution in [2.45, 2.75) is 25.0 Å². The molecule has 1 aliphatic rings. The van der Waals surface area contributed by atoms with Gasteiger partial charge in [0.2, 0.25) is 5.91 Å². The Morgan fingerprint density at radius 3 is 2.72 bits per heavy atom. The third-order valence-electron chi connectivity index (χ3n) is 5.19. The number of amides is 2. The van der Waals surface area contributed by atoms with E-state index in [0.29, 0.717) is 36.6 Å². The number of rotatable bonds is 5. The summed E-state index contributed by atoms with van der Waals surface area (Å²) in [5, 5.41) is 14.1. The second-order valence-electron chi connectivity index (χ2n) is 7.36. The molecule has 0 radical (unpaired) electrons. The van der Waals surface area contributed by atoms with Crippen LogP contribution in [0.5, 0.6) is 0 Å². The van der Waals surface area contributed by atoms with Crippen molar-refractivity contribution in [2.24, 2.45) is 0 Å². The topological polar surface area (TPSA) is 85.4 Å². The highest BCUT2D eigenvalue weighted by molar-refractivity contribution is 6.31. The zero-order valence-corrected chi connectivity index (χ0v) is 16.5. The van der Waals surface area contributed by atoms with Crippen LogP contribution in [0.15, 0.2) is 54.6 Å². The number of aromatic nitrogens is 1. The highest BCUT2D eigenvalue weighted by atomic mass is 35.5. The summed E-state index contributed by atoms with van der Waals surface area (Å²) in [5.41, 5.74) is 2.12. The molecule has 2 aromatic carbocycles. The summed E-state index contributed by atoms with van der Waals surface area (Å²) in [4.78, 5) is 30.6. The fourth-order valence-corrected chi connectivity index (χ4v) is 3.85. The molecule has 4 rings (SSSR count). The van der Waals surface area contributed by atoms with Gasteiger partial charge in [-0.05, 0) is 36.2 Å². The van der Waals surface area contributed by atoms with Crippen molar-refractivity contribution in [3.8, 4) is 0 Å². The lowest BCUT2D eigenvalue weighted by molar-refractivity contribution is -0.132. The number of aliphatic hydroxyl groups is 1. The van der Waals surface area contributed by atoms with Crippen LogP contribution in [0.4, 0.5) is 0 Å². The number of likely N-dealkylation sites (tertiary alicyclic amines) is 1. The first-order valence-electron chi connectivity index (χ1n) is 9.59. The van der Waals surface area contributed by atoms with Crippen molar-refractivity contribution in [1.29, 1.82) is 0 Å². The Morgan fingerprint density at radius 1 is 1.21 bits per heavy atom. The Hall–Kier alpha value is -2.83. The lowest BCUT2D eigenvalue weighted by Gasteiger charge is -2.24. The molecular formula is C22H22ClN3O3. The number of fused-ring (bicyclic) bond motifs is 1. The van der Waals surface area contributed by atoms with Gasteiger partial charge in [0.15, 0.2) is 0 Å². The molecule has 2 amide bonds. The fourth-order valence-electron chi connectivity index (χ4n) is 3.67. The molecule has 0 aliphatic carbocycles. The summed E-state index contributed by atoms with van der Waals surface area (Å²) >= 11 is 6.02. The third-order valence-corrected chi connectivity index (χ3v) is 5.42.